The standard InChI is InChI=1S/C27H30N2O5/c30-25(29-12-6-5-11-24(29)26(31)32)15-17-13-18(14-17)28-27(33)34-16-23-21-9-3-1-7-19(21)20-8-2-4-10-22(20)23/h1-4,7-10,17-18,23-24H,5-6,11-16H2,(H,28,33)(H,31,32). The van der Waals surface area contributed by atoms with E-state index in [4.69, 9.17) is 4.74 Å². The van der Waals surface area contributed by atoms with Gasteiger partial charge in [0, 0.05) is 24.9 Å². The zero-order valence-electron chi connectivity index (χ0n) is 19.1. The number of likely N-dealkylation sites (tertiary alicyclic amines) is 1. The maximum absolute atomic E-state index is 12.6. The van der Waals surface area contributed by atoms with Crippen LogP contribution in [0.15, 0.2) is 48.5 Å². The molecule has 2 aliphatic carbocycles. The fourth-order valence-corrected chi connectivity index (χ4v) is 5.68. The summed E-state index contributed by atoms with van der Waals surface area (Å²) in [5, 5.41) is 12.3. The van der Waals surface area contributed by atoms with Crippen molar-refractivity contribution >= 4 is 18.0 Å². The first kappa shape index (κ1) is 22.4. The average molecular weight is 463 g/mol. The van der Waals surface area contributed by atoms with Gasteiger partial charge in [0.25, 0.3) is 0 Å². The molecule has 7 heteroatoms. The van der Waals surface area contributed by atoms with Gasteiger partial charge in [-0.05, 0) is 60.3 Å². The molecule has 2 aromatic carbocycles. The lowest BCUT2D eigenvalue weighted by Gasteiger charge is -2.38. The molecule has 5 rings (SSSR count). The van der Waals surface area contributed by atoms with E-state index in [2.05, 4.69) is 29.6 Å². The summed E-state index contributed by atoms with van der Waals surface area (Å²) in [5.74, 6) is -0.812. The Kier molecular flexibility index (Phi) is 6.26. The number of carbonyl (C=O) groups excluding carboxylic acids is 2. The minimum atomic E-state index is -0.920. The van der Waals surface area contributed by atoms with Crippen molar-refractivity contribution in [2.75, 3.05) is 13.2 Å². The summed E-state index contributed by atoms with van der Waals surface area (Å²) in [4.78, 5) is 38.1. The molecule has 2 aromatic rings. The van der Waals surface area contributed by atoms with Crippen molar-refractivity contribution in [2.45, 2.75) is 56.5 Å². The maximum Gasteiger partial charge on any atom is 0.407 e. The fourth-order valence-electron chi connectivity index (χ4n) is 5.68. The molecule has 1 saturated carbocycles. The monoisotopic (exact) mass is 462 g/mol. The lowest BCUT2D eigenvalue weighted by atomic mass is 9.78. The van der Waals surface area contributed by atoms with Gasteiger partial charge in [-0.1, -0.05) is 48.5 Å². The number of rotatable bonds is 6. The number of alkyl carbamates (subject to hydrolysis) is 1. The number of carboxylic acid groups (broad SMARTS) is 1. The lowest BCUT2D eigenvalue weighted by molar-refractivity contribution is -0.152. The number of nitrogens with zero attached hydrogens (tertiary/aromatic N) is 1. The number of carboxylic acids is 1. The van der Waals surface area contributed by atoms with E-state index in [-0.39, 0.29) is 30.4 Å². The second-order valence-electron chi connectivity index (χ2n) is 9.65. The predicted molar refractivity (Wildman–Crippen MR) is 126 cm³/mol. The van der Waals surface area contributed by atoms with Gasteiger partial charge in [-0.2, -0.15) is 0 Å². The predicted octanol–water partition coefficient (Wildman–Crippen LogP) is 4.16. The smallest absolute Gasteiger partial charge is 0.407 e. The summed E-state index contributed by atoms with van der Waals surface area (Å²) in [6.45, 7) is 0.796. The molecule has 178 valence electrons. The number of hydrogen-bond acceptors (Lipinski definition) is 4. The number of carbonyl (C=O) groups is 3. The van der Waals surface area contributed by atoms with Gasteiger partial charge < -0.3 is 20.1 Å². The van der Waals surface area contributed by atoms with Crippen molar-refractivity contribution in [2.24, 2.45) is 5.92 Å². The molecule has 2 amide bonds. The third kappa shape index (κ3) is 4.39. The summed E-state index contributed by atoms with van der Waals surface area (Å²) in [5.41, 5.74) is 4.74. The molecule has 7 nitrogen and oxygen atoms in total. The van der Waals surface area contributed by atoms with Crippen molar-refractivity contribution in [3.8, 4) is 11.1 Å². The van der Waals surface area contributed by atoms with Crippen LogP contribution in [-0.4, -0.2) is 53.2 Å². The molecule has 1 heterocycles. The highest BCUT2D eigenvalue weighted by atomic mass is 16.5. The fraction of sp³-hybridized carbons (Fsp3) is 0.444. The van der Waals surface area contributed by atoms with E-state index in [0.717, 1.165) is 12.8 Å². The van der Waals surface area contributed by atoms with Crippen LogP contribution in [0.3, 0.4) is 0 Å². The number of ether oxygens (including phenoxy) is 1. The third-order valence-corrected chi connectivity index (χ3v) is 7.47. The summed E-state index contributed by atoms with van der Waals surface area (Å²) in [6.07, 6.45) is 3.55. The zero-order valence-corrected chi connectivity index (χ0v) is 19.1. The quantitative estimate of drug-likeness (QED) is 0.672. The molecule has 1 aliphatic heterocycles. The summed E-state index contributed by atoms with van der Waals surface area (Å²) in [6, 6.07) is 15.7. The molecule has 0 bridgehead atoms. The number of nitrogens with one attached hydrogen (secondary N) is 1. The Bertz CT molecular complexity index is 1050. The zero-order chi connectivity index (χ0) is 23.7. The van der Waals surface area contributed by atoms with E-state index in [1.165, 1.54) is 27.2 Å². The Labute approximate surface area is 199 Å². The summed E-state index contributed by atoms with van der Waals surface area (Å²) in [7, 11) is 0. The van der Waals surface area contributed by atoms with Gasteiger partial charge in [0.1, 0.15) is 12.6 Å². The van der Waals surface area contributed by atoms with E-state index < -0.39 is 18.1 Å². The number of benzene rings is 2. The Morgan fingerprint density at radius 3 is 2.26 bits per heavy atom. The molecule has 2 N–H and O–H groups in total. The molecule has 0 aromatic heterocycles. The van der Waals surface area contributed by atoms with Crippen LogP contribution in [0, 0.1) is 5.92 Å². The Morgan fingerprint density at radius 1 is 0.971 bits per heavy atom. The van der Waals surface area contributed by atoms with Gasteiger partial charge in [-0.15, -0.1) is 0 Å². The molecule has 1 atom stereocenters. The van der Waals surface area contributed by atoms with Crippen molar-refractivity contribution in [3.63, 3.8) is 0 Å². The Hall–Kier alpha value is -3.35. The Morgan fingerprint density at radius 2 is 1.62 bits per heavy atom. The minimum absolute atomic E-state index is 0.00919. The first-order valence-electron chi connectivity index (χ1n) is 12.1. The molecule has 0 radical (unpaired) electrons. The van der Waals surface area contributed by atoms with Crippen LogP contribution >= 0.6 is 0 Å². The molecule has 2 fully saturated rings. The van der Waals surface area contributed by atoms with Crippen LogP contribution in [0.2, 0.25) is 0 Å². The molecular weight excluding hydrogens is 432 g/mol. The van der Waals surface area contributed by atoms with Gasteiger partial charge >= 0.3 is 12.1 Å². The molecule has 1 unspecified atom stereocenters. The SMILES string of the molecule is O=C(NC1CC(CC(=O)N2CCCCC2C(=O)O)C1)OCC1c2ccccc2-c2ccccc21. The number of piperidine rings is 1. The first-order chi connectivity index (χ1) is 16.5. The Balaban J connectivity index is 1.09. The van der Waals surface area contributed by atoms with E-state index in [1.807, 2.05) is 24.3 Å². The summed E-state index contributed by atoms with van der Waals surface area (Å²) >= 11 is 0. The van der Waals surface area contributed by atoms with E-state index >= 15 is 0 Å². The summed E-state index contributed by atoms with van der Waals surface area (Å²) < 4.78 is 5.61. The van der Waals surface area contributed by atoms with Crippen molar-refractivity contribution in [1.82, 2.24) is 10.2 Å². The van der Waals surface area contributed by atoms with Crippen LogP contribution in [0.5, 0.6) is 0 Å². The highest BCUT2D eigenvalue weighted by molar-refractivity contribution is 5.84. The van der Waals surface area contributed by atoms with Crippen LogP contribution in [-0.2, 0) is 14.3 Å². The van der Waals surface area contributed by atoms with Gasteiger partial charge in [0.15, 0.2) is 0 Å². The van der Waals surface area contributed by atoms with Crippen LogP contribution in [0.1, 0.15) is 55.6 Å². The topological polar surface area (TPSA) is 95.9 Å². The maximum atomic E-state index is 12.6. The van der Waals surface area contributed by atoms with Gasteiger partial charge in [0.2, 0.25) is 5.91 Å². The van der Waals surface area contributed by atoms with Crippen LogP contribution in [0.4, 0.5) is 4.79 Å². The molecule has 3 aliphatic rings. The second kappa shape index (κ2) is 9.49. The highest BCUT2D eigenvalue weighted by Crippen LogP contribution is 2.44. The second-order valence-corrected chi connectivity index (χ2v) is 9.65. The van der Waals surface area contributed by atoms with E-state index in [0.29, 0.717) is 32.2 Å². The number of aliphatic carboxylic acids is 1. The minimum Gasteiger partial charge on any atom is -0.480 e. The number of amides is 2. The van der Waals surface area contributed by atoms with Crippen molar-refractivity contribution in [3.05, 3.63) is 59.7 Å². The van der Waals surface area contributed by atoms with Crippen LogP contribution in [0.25, 0.3) is 11.1 Å². The van der Waals surface area contributed by atoms with Gasteiger partial charge in [0.05, 0.1) is 0 Å². The number of fused-ring (bicyclic) bond motifs is 3. The van der Waals surface area contributed by atoms with Gasteiger partial charge in [-0.25, -0.2) is 9.59 Å². The third-order valence-electron chi connectivity index (χ3n) is 7.47. The van der Waals surface area contributed by atoms with Gasteiger partial charge in [-0.3, -0.25) is 4.79 Å². The lowest BCUT2D eigenvalue weighted by Crippen LogP contribution is -2.50. The average Bonchev–Trinajstić information content (AvgIpc) is 3.15. The molecule has 0 spiro atoms. The largest absolute Gasteiger partial charge is 0.480 e. The van der Waals surface area contributed by atoms with Crippen LogP contribution < -0.4 is 5.32 Å². The van der Waals surface area contributed by atoms with Crippen molar-refractivity contribution < 1.29 is 24.2 Å². The van der Waals surface area contributed by atoms with Crippen molar-refractivity contribution in [1.29, 1.82) is 0 Å². The van der Waals surface area contributed by atoms with E-state index in [9.17, 15) is 19.5 Å². The first-order valence-corrected chi connectivity index (χ1v) is 12.1. The molecule has 34 heavy (non-hydrogen) atoms. The normalized spacial score (nSPS) is 23.4. The molecular formula is C27H30N2O5. The highest BCUT2D eigenvalue weighted by Gasteiger charge is 2.37. The number of hydrogen-bond donors (Lipinski definition) is 2. The molecule has 1 saturated heterocycles. The van der Waals surface area contributed by atoms with E-state index in [1.54, 1.807) is 0 Å².